The van der Waals surface area contributed by atoms with E-state index in [1.165, 1.54) is 12.1 Å². The van der Waals surface area contributed by atoms with Crippen molar-refractivity contribution in [3.63, 3.8) is 0 Å². The molecule has 162 valence electrons. The van der Waals surface area contributed by atoms with Crippen molar-refractivity contribution in [2.75, 3.05) is 11.9 Å². The van der Waals surface area contributed by atoms with E-state index >= 15 is 0 Å². The van der Waals surface area contributed by atoms with Gasteiger partial charge in [0.1, 0.15) is 18.1 Å². The number of rotatable bonds is 7. The number of benzene rings is 2. The van der Waals surface area contributed by atoms with Crippen LogP contribution in [0.1, 0.15) is 27.4 Å². The van der Waals surface area contributed by atoms with Gasteiger partial charge in [-0.2, -0.15) is 0 Å². The Hall–Kier alpha value is -3.82. The fraction of sp³-hybridized carbons (Fsp3) is 0.190. The van der Waals surface area contributed by atoms with Crippen molar-refractivity contribution in [3.05, 3.63) is 76.4 Å². The normalized spacial score (nSPS) is 10.6. The summed E-state index contributed by atoms with van der Waals surface area (Å²) in [6.45, 7) is 3.35. The third-order valence-corrected chi connectivity index (χ3v) is 4.40. The van der Waals surface area contributed by atoms with Crippen LogP contribution < -0.4 is 15.4 Å². The quantitative estimate of drug-likeness (QED) is 0.555. The van der Waals surface area contributed by atoms with Gasteiger partial charge in [0, 0.05) is 5.56 Å². The minimum Gasteiger partial charge on any atom is -0.489 e. The number of carbonyl (C=O) groups is 2. The summed E-state index contributed by atoms with van der Waals surface area (Å²) >= 11 is 0. The van der Waals surface area contributed by atoms with Crippen molar-refractivity contribution >= 4 is 17.5 Å². The second-order valence-electron chi connectivity index (χ2n) is 6.57. The molecule has 0 bridgehead atoms. The molecule has 0 atom stereocenters. The highest BCUT2D eigenvalue weighted by molar-refractivity contribution is 5.99. The van der Waals surface area contributed by atoms with Crippen LogP contribution >= 0.6 is 0 Å². The number of halogens is 3. The highest BCUT2D eigenvalue weighted by Crippen LogP contribution is 2.20. The van der Waals surface area contributed by atoms with Crippen LogP contribution in [0.4, 0.5) is 18.9 Å². The van der Waals surface area contributed by atoms with E-state index in [1.54, 1.807) is 26.0 Å². The SMILES string of the molecule is Cc1noc(C)c1COc1ccc(C(=O)NCC(=O)Nc2ccc(F)c(F)c2F)cc1. The average Bonchev–Trinajstić information content (AvgIpc) is 3.08. The molecular weight excluding hydrogens is 415 g/mol. The molecule has 2 N–H and O–H groups in total. The van der Waals surface area contributed by atoms with Gasteiger partial charge >= 0.3 is 0 Å². The zero-order valence-electron chi connectivity index (χ0n) is 16.6. The number of ether oxygens (including phenoxy) is 1. The number of aromatic nitrogens is 1. The van der Waals surface area contributed by atoms with E-state index in [0.29, 0.717) is 17.6 Å². The molecule has 31 heavy (non-hydrogen) atoms. The molecule has 1 heterocycles. The molecule has 0 saturated heterocycles. The maximum atomic E-state index is 13.6. The minimum absolute atomic E-state index is 0.257. The Bertz CT molecular complexity index is 1090. The lowest BCUT2D eigenvalue weighted by Crippen LogP contribution is -2.33. The molecule has 2 amide bonds. The van der Waals surface area contributed by atoms with Crippen LogP contribution in [-0.2, 0) is 11.4 Å². The van der Waals surface area contributed by atoms with Gasteiger partial charge in [0.05, 0.1) is 23.5 Å². The first-order chi connectivity index (χ1) is 14.8. The summed E-state index contributed by atoms with van der Waals surface area (Å²) in [6.07, 6.45) is 0. The Balaban J connectivity index is 1.51. The summed E-state index contributed by atoms with van der Waals surface area (Å²) in [5.41, 5.74) is 1.30. The number of aryl methyl sites for hydroxylation is 2. The molecule has 0 aliphatic rings. The van der Waals surface area contributed by atoms with Crippen molar-refractivity contribution in [2.45, 2.75) is 20.5 Å². The largest absolute Gasteiger partial charge is 0.489 e. The Morgan fingerprint density at radius 1 is 1.03 bits per heavy atom. The molecule has 0 aliphatic heterocycles. The fourth-order valence-corrected chi connectivity index (χ4v) is 2.65. The van der Waals surface area contributed by atoms with Crippen molar-refractivity contribution in [1.29, 1.82) is 0 Å². The Kier molecular flexibility index (Phi) is 6.58. The van der Waals surface area contributed by atoms with Crippen LogP contribution in [0.15, 0.2) is 40.9 Å². The number of nitrogens with zero attached hydrogens (tertiary/aromatic N) is 1. The summed E-state index contributed by atoms with van der Waals surface area (Å²) in [5.74, 6) is -4.78. The first-order valence-corrected chi connectivity index (χ1v) is 9.12. The van der Waals surface area contributed by atoms with Gasteiger partial charge in [0.15, 0.2) is 17.5 Å². The molecule has 3 rings (SSSR count). The van der Waals surface area contributed by atoms with Gasteiger partial charge in [0.2, 0.25) is 5.91 Å². The number of hydrogen-bond donors (Lipinski definition) is 2. The molecule has 0 saturated carbocycles. The maximum absolute atomic E-state index is 13.6. The molecule has 10 heteroatoms. The number of nitrogens with one attached hydrogen (secondary N) is 2. The smallest absolute Gasteiger partial charge is 0.251 e. The van der Waals surface area contributed by atoms with E-state index in [1.807, 2.05) is 0 Å². The van der Waals surface area contributed by atoms with E-state index in [0.717, 1.165) is 17.3 Å². The molecule has 3 aromatic rings. The monoisotopic (exact) mass is 433 g/mol. The summed E-state index contributed by atoms with van der Waals surface area (Å²) in [4.78, 5) is 24.0. The van der Waals surface area contributed by atoms with Crippen molar-refractivity contribution in [1.82, 2.24) is 10.5 Å². The van der Waals surface area contributed by atoms with Crippen LogP contribution in [0, 0.1) is 31.3 Å². The van der Waals surface area contributed by atoms with Crippen molar-refractivity contribution < 1.29 is 32.0 Å². The number of carbonyl (C=O) groups excluding carboxylic acids is 2. The van der Waals surface area contributed by atoms with Gasteiger partial charge < -0.3 is 19.9 Å². The molecule has 0 radical (unpaired) electrons. The Morgan fingerprint density at radius 2 is 1.74 bits per heavy atom. The fourth-order valence-electron chi connectivity index (χ4n) is 2.65. The topological polar surface area (TPSA) is 93.5 Å². The van der Waals surface area contributed by atoms with Crippen LogP contribution in [0.5, 0.6) is 5.75 Å². The Morgan fingerprint density at radius 3 is 2.39 bits per heavy atom. The van der Waals surface area contributed by atoms with Gasteiger partial charge in [-0.15, -0.1) is 0 Å². The second-order valence-corrected chi connectivity index (χ2v) is 6.57. The number of hydrogen-bond acceptors (Lipinski definition) is 5. The lowest BCUT2D eigenvalue weighted by atomic mass is 10.2. The second kappa shape index (κ2) is 9.33. The average molecular weight is 433 g/mol. The minimum atomic E-state index is -1.70. The van der Waals surface area contributed by atoms with Gasteiger partial charge in [0.25, 0.3) is 5.91 Å². The lowest BCUT2D eigenvalue weighted by Gasteiger charge is -2.09. The summed E-state index contributed by atoms with van der Waals surface area (Å²) in [5, 5.41) is 8.26. The zero-order chi connectivity index (χ0) is 22.5. The van der Waals surface area contributed by atoms with E-state index in [4.69, 9.17) is 9.26 Å². The predicted octanol–water partition coefficient (Wildman–Crippen LogP) is 3.66. The first-order valence-electron chi connectivity index (χ1n) is 9.12. The maximum Gasteiger partial charge on any atom is 0.251 e. The zero-order valence-corrected chi connectivity index (χ0v) is 16.6. The van der Waals surface area contributed by atoms with Crippen molar-refractivity contribution in [3.8, 4) is 5.75 Å². The molecule has 1 aromatic heterocycles. The van der Waals surface area contributed by atoms with E-state index in [9.17, 15) is 22.8 Å². The molecule has 2 aromatic carbocycles. The van der Waals surface area contributed by atoms with E-state index in [-0.39, 0.29) is 12.2 Å². The molecule has 0 fully saturated rings. The van der Waals surface area contributed by atoms with Crippen LogP contribution in [0.2, 0.25) is 0 Å². The number of amides is 2. The van der Waals surface area contributed by atoms with Crippen LogP contribution in [0.3, 0.4) is 0 Å². The summed E-state index contributed by atoms with van der Waals surface area (Å²) in [7, 11) is 0. The van der Waals surface area contributed by atoms with Gasteiger partial charge in [-0.05, 0) is 50.2 Å². The molecule has 0 unspecified atom stereocenters. The third-order valence-electron chi connectivity index (χ3n) is 4.40. The van der Waals surface area contributed by atoms with E-state index < -0.39 is 41.5 Å². The molecular formula is C21H18F3N3O4. The lowest BCUT2D eigenvalue weighted by molar-refractivity contribution is -0.115. The highest BCUT2D eigenvalue weighted by Gasteiger charge is 2.16. The summed E-state index contributed by atoms with van der Waals surface area (Å²) in [6, 6.07) is 7.75. The Labute approximate surface area is 175 Å². The van der Waals surface area contributed by atoms with Gasteiger partial charge in [-0.25, -0.2) is 13.2 Å². The summed E-state index contributed by atoms with van der Waals surface area (Å²) < 4.78 is 50.4. The van der Waals surface area contributed by atoms with E-state index in [2.05, 4.69) is 15.8 Å². The molecule has 7 nitrogen and oxygen atoms in total. The highest BCUT2D eigenvalue weighted by atomic mass is 19.2. The first kappa shape index (κ1) is 21.9. The van der Waals surface area contributed by atoms with Gasteiger partial charge in [-0.3, -0.25) is 9.59 Å². The van der Waals surface area contributed by atoms with Crippen LogP contribution in [-0.4, -0.2) is 23.5 Å². The third kappa shape index (κ3) is 5.21. The van der Waals surface area contributed by atoms with Crippen molar-refractivity contribution in [2.24, 2.45) is 0 Å². The predicted molar refractivity (Wildman–Crippen MR) is 104 cm³/mol. The van der Waals surface area contributed by atoms with Gasteiger partial charge in [-0.1, -0.05) is 5.16 Å². The molecule has 0 spiro atoms. The standard InChI is InChI=1S/C21H18F3N3O4/c1-11-15(12(2)31-27-11)10-30-14-5-3-13(4-6-14)21(29)25-9-18(28)26-17-8-7-16(22)19(23)20(17)24/h3-8H,9-10H2,1-2H3,(H,25,29)(H,26,28). The van der Waals surface area contributed by atoms with Crippen LogP contribution in [0.25, 0.3) is 0 Å². The molecule has 0 aliphatic carbocycles. The number of anilines is 1.